The minimum absolute atomic E-state index is 0.858. The first kappa shape index (κ1) is 10.0. The summed E-state index contributed by atoms with van der Waals surface area (Å²) in [6, 6.07) is 0. The van der Waals surface area contributed by atoms with Crippen molar-refractivity contribution in [2.24, 2.45) is 17.8 Å². The Kier molecular flexibility index (Phi) is 4.07. The minimum atomic E-state index is 0.858. The van der Waals surface area contributed by atoms with Crippen molar-refractivity contribution in [3.8, 4) is 0 Å². The summed E-state index contributed by atoms with van der Waals surface area (Å²) in [6.45, 7) is 9.50. The Labute approximate surface area is 76.9 Å². The highest BCUT2D eigenvalue weighted by molar-refractivity contribution is 4.77. The molecule has 72 valence electrons. The molecule has 1 aliphatic heterocycles. The van der Waals surface area contributed by atoms with E-state index in [-0.39, 0.29) is 0 Å². The van der Waals surface area contributed by atoms with Crippen molar-refractivity contribution >= 4 is 0 Å². The Morgan fingerprint density at radius 3 is 2.67 bits per heavy atom. The Bertz CT molecular complexity index is 118. The second kappa shape index (κ2) is 4.86. The van der Waals surface area contributed by atoms with Gasteiger partial charge in [-0.15, -0.1) is 0 Å². The van der Waals surface area contributed by atoms with Crippen LogP contribution >= 0.6 is 0 Å². The van der Waals surface area contributed by atoms with Crippen LogP contribution in [0.3, 0.4) is 0 Å². The van der Waals surface area contributed by atoms with Crippen LogP contribution in [0.2, 0.25) is 0 Å². The highest BCUT2D eigenvalue weighted by Crippen LogP contribution is 2.25. The summed E-state index contributed by atoms with van der Waals surface area (Å²) >= 11 is 0. The summed E-state index contributed by atoms with van der Waals surface area (Å²) < 4.78 is 0. The van der Waals surface area contributed by atoms with Crippen LogP contribution < -0.4 is 5.32 Å². The van der Waals surface area contributed by atoms with Gasteiger partial charge in [0.15, 0.2) is 0 Å². The molecular formula is C11H23N. The lowest BCUT2D eigenvalue weighted by Gasteiger charge is -2.32. The van der Waals surface area contributed by atoms with Crippen LogP contribution in [0, 0.1) is 17.8 Å². The minimum Gasteiger partial charge on any atom is -0.316 e. The summed E-state index contributed by atoms with van der Waals surface area (Å²) in [5.41, 5.74) is 0. The van der Waals surface area contributed by atoms with E-state index < -0.39 is 0 Å². The summed E-state index contributed by atoms with van der Waals surface area (Å²) in [7, 11) is 0. The van der Waals surface area contributed by atoms with Crippen LogP contribution in [-0.4, -0.2) is 13.1 Å². The van der Waals surface area contributed by atoms with E-state index in [1.165, 1.54) is 32.4 Å². The Balaban J connectivity index is 2.30. The van der Waals surface area contributed by atoms with Crippen LogP contribution in [0.5, 0.6) is 0 Å². The molecule has 12 heavy (non-hydrogen) atoms. The zero-order valence-electron chi connectivity index (χ0n) is 8.77. The van der Waals surface area contributed by atoms with Crippen molar-refractivity contribution < 1.29 is 0 Å². The second-order valence-corrected chi connectivity index (χ2v) is 4.55. The summed E-state index contributed by atoms with van der Waals surface area (Å²) in [5.74, 6) is 2.74. The predicted octanol–water partition coefficient (Wildman–Crippen LogP) is 2.67. The molecule has 1 fully saturated rings. The molecule has 1 heteroatoms. The van der Waals surface area contributed by atoms with Crippen molar-refractivity contribution in [1.29, 1.82) is 0 Å². The van der Waals surface area contributed by atoms with Gasteiger partial charge in [-0.1, -0.05) is 27.2 Å². The van der Waals surface area contributed by atoms with E-state index in [4.69, 9.17) is 0 Å². The molecule has 2 unspecified atom stereocenters. The third-order valence-corrected chi connectivity index (χ3v) is 3.12. The van der Waals surface area contributed by atoms with Crippen molar-refractivity contribution in [3.63, 3.8) is 0 Å². The standard InChI is InChI=1S/C11H23N/c1-4-5-10-6-11(9(2)3)8-12-7-10/h9-12H,4-8H2,1-3H3. The molecule has 1 saturated heterocycles. The van der Waals surface area contributed by atoms with E-state index in [0.717, 1.165) is 17.8 Å². The number of hydrogen-bond donors (Lipinski definition) is 1. The molecule has 0 spiro atoms. The molecule has 0 saturated carbocycles. The summed E-state index contributed by atoms with van der Waals surface area (Å²) in [6.07, 6.45) is 4.21. The molecule has 1 rings (SSSR count). The third kappa shape index (κ3) is 2.78. The van der Waals surface area contributed by atoms with Crippen LogP contribution in [0.1, 0.15) is 40.0 Å². The van der Waals surface area contributed by atoms with Crippen molar-refractivity contribution in [3.05, 3.63) is 0 Å². The summed E-state index contributed by atoms with van der Waals surface area (Å²) in [5, 5.41) is 3.55. The van der Waals surface area contributed by atoms with Crippen LogP contribution in [0.25, 0.3) is 0 Å². The normalized spacial score (nSPS) is 31.0. The fourth-order valence-corrected chi connectivity index (χ4v) is 2.20. The van der Waals surface area contributed by atoms with Gasteiger partial charge in [-0.25, -0.2) is 0 Å². The largest absolute Gasteiger partial charge is 0.316 e. The molecule has 0 aromatic carbocycles. The zero-order chi connectivity index (χ0) is 8.97. The third-order valence-electron chi connectivity index (χ3n) is 3.12. The summed E-state index contributed by atoms with van der Waals surface area (Å²) in [4.78, 5) is 0. The van der Waals surface area contributed by atoms with Gasteiger partial charge in [0.25, 0.3) is 0 Å². The number of nitrogens with one attached hydrogen (secondary N) is 1. The highest BCUT2D eigenvalue weighted by Gasteiger charge is 2.22. The van der Waals surface area contributed by atoms with Crippen molar-refractivity contribution in [2.45, 2.75) is 40.0 Å². The molecule has 0 aromatic heterocycles. The Morgan fingerprint density at radius 1 is 1.33 bits per heavy atom. The molecule has 2 atom stereocenters. The SMILES string of the molecule is CCCC1CNCC(C(C)C)C1. The maximum Gasteiger partial charge on any atom is -0.00178 e. The molecule has 0 aliphatic carbocycles. The van der Waals surface area contributed by atoms with Gasteiger partial charge in [-0.3, -0.25) is 0 Å². The average Bonchev–Trinajstić information content (AvgIpc) is 2.05. The van der Waals surface area contributed by atoms with Gasteiger partial charge in [0.1, 0.15) is 0 Å². The molecular weight excluding hydrogens is 146 g/mol. The molecule has 0 aromatic rings. The lowest BCUT2D eigenvalue weighted by molar-refractivity contribution is 0.224. The lowest BCUT2D eigenvalue weighted by atomic mass is 9.82. The first-order valence-corrected chi connectivity index (χ1v) is 5.44. The fraction of sp³-hybridized carbons (Fsp3) is 1.00. The van der Waals surface area contributed by atoms with Crippen LogP contribution in [0.4, 0.5) is 0 Å². The van der Waals surface area contributed by atoms with Gasteiger partial charge in [-0.2, -0.15) is 0 Å². The molecule has 1 heterocycles. The first-order chi connectivity index (χ1) is 5.74. The van der Waals surface area contributed by atoms with E-state index in [1.807, 2.05) is 0 Å². The average molecular weight is 169 g/mol. The van der Waals surface area contributed by atoms with Gasteiger partial charge in [0.05, 0.1) is 0 Å². The van der Waals surface area contributed by atoms with Crippen LogP contribution in [-0.2, 0) is 0 Å². The zero-order valence-corrected chi connectivity index (χ0v) is 8.77. The topological polar surface area (TPSA) is 12.0 Å². The predicted molar refractivity (Wildman–Crippen MR) is 54.2 cm³/mol. The van der Waals surface area contributed by atoms with Gasteiger partial charge >= 0.3 is 0 Å². The van der Waals surface area contributed by atoms with E-state index in [0.29, 0.717) is 0 Å². The molecule has 1 N–H and O–H groups in total. The maximum atomic E-state index is 3.55. The highest BCUT2D eigenvalue weighted by atomic mass is 14.9. The monoisotopic (exact) mass is 169 g/mol. The fourth-order valence-electron chi connectivity index (χ4n) is 2.20. The maximum absolute atomic E-state index is 3.55. The Hall–Kier alpha value is -0.0400. The molecule has 0 amide bonds. The molecule has 1 aliphatic rings. The molecule has 0 radical (unpaired) electrons. The molecule has 0 bridgehead atoms. The number of piperidine rings is 1. The van der Waals surface area contributed by atoms with Gasteiger partial charge in [0, 0.05) is 0 Å². The van der Waals surface area contributed by atoms with Gasteiger partial charge in [-0.05, 0) is 43.7 Å². The van der Waals surface area contributed by atoms with Crippen molar-refractivity contribution in [1.82, 2.24) is 5.32 Å². The van der Waals surface area contributed by atoms with E-state index >= 15 is 0 Å². The quantitative estimate of drug-likeness (QED) is 0.685. The van der Waals surface area contributed by atoms with E-state index in [2.05, 4.69) is 26.1 Å². The van der Waals surface area contributed by atoms with E-state index in [9.17, 15) is 0 Å². The van der Waals surface area contributed by atoms with Gasteiger partial charge in [0.2, 0.25) is 0 Å². The van der Waals surface area contributed by atoms with Gasteiger partial charge < -0.3 is 5.32 Å². The smallest absolute Gasteiger partial charge is 0.00178 e. The Morgan fingerprint density at radius 2 is 2.08 bits per heavy atom. The van der Waals surface area contributed by atoms with Crippen LogP contribution in [0.15, 0.2) is 0 Å². The first-order valence-electron chi connectivity index (χ1n) is 5.44. The lowest BCUT2D eigenvalue weighted by Crippen LogP contribution is -2.38. The second-order valence-electron chi connectivity index (χ2n) is 4.55. The van der Waals surface area contributed by atoms with Crippen molar-refractivity contribution in [2.75, 3.05) is 13.1 Å². The number of hydrogen-bond acceptors (Lipinski definition) is 1. The number of rotatable bonds is 3. The molecule has 1 nitrogen and oxygen atoms in total. The van der Waals surface area contributed by atoms with E-state index in [1.54, 1.807) is 0 Å².